The van der Waals surface area contributed by atoms with Gasteiger partial charge >= 0.3 is 0 Å². The first kappa shape index (κ1) is 11.9. The van der Waals surface area contributed by atoms with Crippen molar-refractivity contribution in [3.63, 3.8) is 0 Å². The number of rotatable bonds is 3. The fraction of sp³-hybridized carbons (Fsp3) is 0.500. The lowest BCUT2D eigenvalue weighted by Gasteiger charge is -2.29. The van der Waals surface area contributed by atoms with E-state index < -0.39 is 0 Å². The molecule has 3 rings (SSSR count). The van der Waals surface area contributed by atoms with Gasteiger partial charge in [0.15, 0.2) is 0 Å². The van der Waals surface area contributed by atoms with Gasteiger partial charge in [-0.15, -0.1) is 11.3 Å². The molecular weight excluding hydrogens is 242 g/mol. The number of hydrogen-bond donors (Lipinski definition) is 1. The van der Waals surface area contributed by atoms with Crippen LogP contribution in [0.5, 0.6) is 0 Å². The van der Waals surface area contributed by atoms with Gasteiger partial charge in [0.25, 0.3) is 0 Å². The minimum atomic E-state index is 0.818. The quantitative estimate of drug-likeness (QED) is 0.920. The second-order valence-corrected chi connectivity index (χ2v) is 6.05. The van der Waals surface area contributed by atoms with Crippen LogP contribution in [0.3, 0.4) is 0 Å². The van der Waals surface area contributed by atoms with Crippen LogP contribution in [0.2, 0.25) is 0 Å². The van der Waals surface area contributed by atoms with Gasteiger partial charge in [-0.05, 0) is 57.1 Å². The van der Waals surface area contributed by atoms with Crippen molar-refractivity contribution in [1.82, 2.24) is 9.88 Å². The minimum Gasteiger partial charge on any atom is -0.385 e. The predicted octanol–water partition coefficient (Wildman–Crippen LogP) is 3.05. The summed E-state index contributed by atoms with van der Waals surface area (Å²) in [6, 6.07) is 6.45. The number of aromatic nitrogens is 1. The Morgan fingerprint density at radius 1 is 1.39 bits per heavy atom. The third kappa shape index (κ3) is 2.65. The Balaban J connectivity index is 1.59. The molecule has 0 spiro atoms. The van der Waals surface area contributed by atoms with Crippen molar-refractivity contribution >= 4 is 27.2 Å². The van der Waals surface area contributed by atoms with Gasteiger partial charge in [0.2, 0.25) is 0 Å². The van der Waals surface area contributed by atoms with Crippen LogP contribution >= 0.6 is 11.3 Å². The van der Waals surface area contributed by atoms with Gasteiger partial charge in [0.1, 0.15) is 0 Å². The van der Waals surface area contributed by atoms with Crippen LogP contribution in [0.25, 0.3) is 10.2 Å². The molecule has 1 aromatic carbocycles. The Morgan fingerprint density at radius 3 is 3.06 bits per heavy atom. The molecule has 3 nitrogen and oxygen atoms in total. The summed E-state index contributed by atoms with van der Waals surface area (Å²) in [7, 11) is 2.21. The van der Waals surface area contributed by atoms with Crippen molar-refractivity contribution in [3.05, 3.63) is 23.7 Å². The molecule has 0 atom stereocenters. The highest BCUT2D eigenvalue weighted by atomic mass is 32.1. The first-order valence-corrected chi connectivity index (χ1v) is 7.45. The van der Waals surface area contributed by atoms with E-state index in [0.717, 1.165) is 18.0 Å². The molecule has 1 aliphatic heterocycles. The molecule has 0 bridgehead atoms. The molecular formula is C14H19N3S. The number of piperidine rings is 1. The number of hydrogen-bond acceptors (Lipinski definition) is 4. The minimum absolute atomic E-state index is 0.818. The highest BCUT2D eigenvalue weighted by Gasteiger charge is 2.16. The molecule has 18 heavy (non-hydrogen) atoms. The molecule has 4 heteroatoms. The summed E-state index contributed by atoms with van der Waals surface area (Å²) in [6.45, 7) is 3.57. The van der Waals surface area contributed by atoms with Crippen molar-refractivity contribution in [3.8, 4) is 0 Å². The highest BCUT2D eigenvalue weighted by Crippen LogP contribution is 2.23. The highest BCUT2D eigenvalue weighted by molar-refractivity contribution is 7.16. The van der Waals surface area contributed by atoms with Gasteiger partial charge in [0, 0.05) is 12.2 Å². The van der Waals surface area contributed by atoms with E-state index in [4.69, 9.17) is 0 Å². The standard InChI is InChI=1S/C14H19N3S/c1-17-6-4-11(5-7-17)9-15-12-2-3-13-14(8-12)18-10-16-13/h2-3,8,10-11,15H,4-7,9H2,1H3. The second kappa shape index (κ2) is 5.24. The topological polar surface area (TPSA) is 28.2 Å². The number of anilines is 1. The smallest absolute Gasteiger partial charge is 0.0813 e. The maximum atomic E-state index is 4.30. The van der Waals surface area contributed by atoms with Gasteiger partial charge in [-0.1, -0.05) is 0 Å². The summed E-state index contributed by atoms with van der Waals surface area (Å²) in [6.07, 6.45) is 2.62. The predicted molar refractivity (Wildman–Crippen MR) is 78.3 cm³/mol. The number of thiazole rings is 1. The SMILES string of the molecule is CN1CCC(CNc2ccc3ncsc3c2)CC1. The van der Waals surface area contributed by atoms with Crippen LogP contribution < -0.4 is 5.32 Å². The number of benzene rings is 1. The van der Waals surface area contributed by atoms with Crippen LogP contribution in [-0.2, 0) is 0 Å². The van der Waals surface area contributed by atoms with E-state index in [9.17, 15) is 0 Å². The van der Waals surface area contributed by atoms with E-state index in [1.54, 1.807) is 11.3 Å². The fourth-order valence-electron chi connectivity index (χ4n) is 2.49. The molecule has 1 N–H and O–H groups in total. The van der Waals surface area contributed by atoms with E-state index in [2.05, 4.69) is 40.4 Å². The zero-order valence-electron chi connectivity index (χ0n) is 10.7. The molecule has 0 aliphatic carbocycles. The number of nitrogens with zero attached hydrogens (tertiary/aromatic N) is 2. The summed E-state index contributed by atoms with van der Waals surface area (Å²) in [5.74, 6) is 0.818. The maximum absolute atomic E-state index is 4.30. The Labute approximate surface area is 112 Å². The van der Waals surface area contributed by atoms with Crippen LogP contribution in [0.1, 0.15) is 12.8 Å². The lowest BCUT2D eigenvalue weighted by Crippen LogP contribution is -2.32. The Hall–Kier alpha value is -1.13. The third-order valence-corrected chi connectivity index (χ3v) is 4.56. The molecule has 0 unspecified atom stereocenters. The van der Waals surface area contributed by atoms with Gasteiger partial charge in [-0.3, -0.25) is 0 Å². The summed E-state index contributed by atoms with van der Waals surface area (Å²) < 4.78 is 1.27. The normalized spacial score (nSPS) is 18.3. The van der Waals surface area contributed by atoms with Crippen molar-refractivity contribution in [2.75, 3.05) is 32.0 Å². The second-order valence-electron chi connectivity index (χ2n) is 5.16. The number of fused-ring (bicyclic) bond motifs is 1. The average molecular weight is 261 g/mol. The Kier molecular flexibility index (Phi) is 3.48. The van der Waals surface area contributed by atoms with Crippen molar-refractivity contribution < 1.29 is 0 Å². The third-order valence-electron chi connectivity index (χ3n) is 3.76. The van der Waals surface area contributed by atoms with E-state index in [1.165, 1.54) is 36.3 Å². The van der Waals surface area contributed by atoms with Crippen LogP contribution in [0, 0.1) is 5.92 Å². The zero-order chi connectivity index (χ0) is 12.4. The van der Waals surface area contributed by atoms with Gasteiger partial charge in [-0.2, -0.15) is 0 Å². The fourth-order valence-corrected chi connectivity index (χ4v) is 3.21. The number of likely N-dealkylation sites (tertiary alicyclic amines) is 1. The summed E-state index contributed by atoms with van der Waals surface area (Å²) in [5.41, 5.74) is 4.24. The van der Waals surface area contributed by atoms with Crippen molar-refractivity contribution in [1.29, 1.82) is 0 Å². The molecule has 1 saturated heterocycles. The molecule has 1 fully saturated rings. The van der Waals surface area contributed by atoms with Gasteiger partial charge < -0.3 is 10.2 Å². The van der Waals surface area contributed by atoms with Crippen molar-refractivity contribution in [2.45, 2.75) is 12.8 Å². The van der Waals surface area contributed by atoms with Crippen LogP contribution in [0.4, 0.5) is 5.69 Å². The first-order valence-electron chi connectivity index (χ1n) is 6.57. The monoisotopic (exact) mass is 261 g/mol. The number of nitrogens with one attached hydrogen (secondary N) is 1. The molecule has 0 saturated carbocycles. The largest absolute Gasteiger partial charge is 0.385 e. The zero-order valence-corrected chi connectivity index (χ0v) is 11.5. The maximum Gasteiger partial charge on any atom is 0.0813 e. The first-order chi connectivity index (χ1) is 8.81. The molecule has 0 amide bonds. The lowest BCUT2D eigenvalue weighted by atomic mass is 9.97. The van der Waals surface area contributed by atoms with Crippen LogP contribution in [-0.4, -0.2) is 36.6 Å². The molecule has 1 aromatic heterocycles. The summed E-state index contributed by atoms with van der Waals surface area (Å²) >= 11 is 1.71. The average Bonchev–Trinajstić information content (AvgIpc) is 2.85. The molecule has 96 valence electrons. The van der Waals surface area contributed by atoms with Gasteiger partial charge in [-0.25, -0.2) is 4.98 Å². The van der Waals surface area contributed by atoms with E-state index in [1.807, 2.05) is 5.51 Å². The summed E-state index contributed by atoms with van der Waals surface area (Å²) in [5, 5.41) is 3.57. The van der Waals surface area contributed by atoms with Gasteiger partial charge in [0.05, 0.1) is 15.7 Å². The lowest BCUT2D eigenvalue weighted by molar-refractivity contribution is 0.226. The Morgan fingerprint density at radius 2 is 2.22 bits per heavy atom. The molecule has 1 aliphatic rings. The summed E-state index contributed by atoms with van der Waals surface area (Å²) in [4.78, 5) is 6.72. The van der Waals surface area contributed by atoms with E-state index in [0.29, 0.717) is 0 Å². The van der Waals surface area contributed by atoms with Crippen molar-refractivity contribution in [2.24, 2.45) is 5.92 Å². The molecule has 2 aromatic rings. The Bertz CT molecular complexity index is 514. The van der Waals surface area contributed by atoms with E-state index in [-0.39, 0.29) is 0 Å². The molecule has 2 heterocycles. The van der Waals surface area contributed by atoms with Crippen LogP contribution in [0.15, 0.2) is 23.7 Å². The van der Waals surface area contributed by atoms with E-state index >= 15 is 0 Å². The molecule has 0 radical (unpaired) electrons.